The molecule has 33 heavy (non-hydrogen) atoms. The number of halogens is 6. The molecule has 0 radical (unpaired) electrons. The highest BCUT2D eigenvalue weighted by molar-refractivity contribution is 6.01. The molecule has 2 aromatic carbocycles. The van der Waals surface area contributed by atoms with Gasteiger partial charge in [-0.3, -0.25) is 0 Å². The molecule has 1 aliphatic heterocycles. The van der Waals surface area contributed by atoms with Crippen LogP contribution in [0.4, 0.5) is 32.2 Å². The van der Waals surface area contributed by atoms with Gasteiger partial charge in [-0.1, -0.05) is 6.07 Å². The van der Waals surface area contributed by atoms with Crippen molar-refractivity contribution < 1.29 is 31.4 Å². The molecular formula is C22H20F6N4O. The van der Waals surface area contributed by atoms with Crippen molar-refractivity contribution in [2.75, 3.05) is 25.5 Å². The summed E-state index contributed by atoms with van der Waals surface area (Å²) >= 11 is 0. The first kappa shape index (κ1) is 23.1. The van der Waals surface area contributed by atoms with Crippen LogP contribution in [0.2, 0.25) is 0 Å². The van der Waals surface area contributed by atoms with Crippen molar-refractivity contribution in [1.29, 1.82) is 0 Å². The number of hydrogen-bond acceptors (Lipinski definition) is 5. The Balaban J connectivity index is 1.84. The second kappa shape index (κ2) is 8.36. The number of piperidine rings is 1. The zero-order valence-electron chi connectivity index (χ0n) is 17.4. The van der Waals surface area contributed by atoms with Gasteiger partial charge in [-0.25, -0.2) is 0 Å². The molecule has 1 atom stereocenters. The summed E-state index contributed by atoms with van der Waals surface area (Å²) in [5.74, 6) is -0.554. The van der Waals surface area contributed by atoms with Crippen molar-refractivity contribution in [1.82, 2.24) is 15.1 Å². The lowest BCUT2D eigenvalue weighted by atomic mass is 10.00. The van der Waals surface area contributed by atoms with Gasteiger partial charge in [0.25, 0.3) is 0 Å². The fraction of sp³-hybridized carbons (Fsp3) is 0.364. The molecule has 0 bridgehead atoms. The van der Waals surface area contributed by atoms with E-state index in [4.69, 9.17) is 0 Å². The standard InChI is InChI=1S/C22H20F6N4O/c1-32-8-2-3-14(11-32)29-20-17-9-12(21(23,24)25)4-6-15(17)19(30-31-20)16-7-5-13(10-18(16)33)22(26,27)28/h4-7,9-10,14,33H,2-3,8,11H2,1H3,(H,29,31)/t14-/m1/s1. The number of hydrogen-bond donors (Lipinski definition) is 2. The Bertz CT molecular complexity index is 1180. The molecule has 1 fully saturated rings. The first-order valence-corrected chi connectivity index (χ1v) is 10.2. The van der Waals surface area contributed by atoms with Crippen LogP contribution in [0, 0.1) is 0 Å². The molecule has 2 N–H and O–H groups in total. The number of aromatic hydroxyl groups is 1. The van der Waals surface area contributed by atoms with Gasteiger partial charge in [0.15, 0.2) is 5.82 Å². The van der Waals surface area contributed by atoms with E-state index in [0.717, 1.165) is 43.7 Å². The van der Waals surface area contributed by atoms with Crippen molar-refractivity contribution in [2.24, 2.45) is 0 Å². The minimum absolute atomic E-state index is 0.0174. The highest BCUT2D eigenvalue weighted by atomic mass is 19.4. The van der Waals surface area contributed by atoms with Crippen molar-refractivity contribution in [3.63, 3.8) is 0 Å². The number of anilines is 1. The molecule has 0 unspecified atom stereocenters. The lowest BCUT2D eigenvalue weighted by Crippen LogP contribution is -2.40. The fourth-order valence-electron chi connectivity index (χ4n) is 4.02. The molecule has 1 saturated heterocycles. The van der Waals surface area contributed by atoms with Crippen LogP contribution in [0.1, 0.15) is 24.0 Å². The van der Waals surface area contributed by atoms with Crippen LogP contribution < -0.4 is 5.32 Å². The van der Waals surface area contributed by atoms with Crippen LogP contribution in [-0.2, 0) is 12.4 Å². The molecule has 5 nitrogen and oxygen atoms in total. The van der Waals surface area contributed by atoms with Crippen molar-refractivity contribution in [3.05, 3.63) is 47.5 Å². The van der Waals surface area contributed by atoms with Crippen LogP contribution in [0.3, 0.4) is 0 Å². The number of likely N-dealkylation sites (N-methyl/N-ethyl adjacent to an activating group) is 1. The van der Waals surface area contributed by atoms with E-state index in [1.54, 1.807) is 0 Å². The smallest absolute Gasteiger partial charge is 0.416 e. The Morgan fingerprint density at radius 2 is 1.61 bits per heavy atom. The average molecular weight is 470 g/mol. The summed E-state index contributed by atoms with van der Waals surface area (Å²) in [6.07, 6.45) is -7.55. The number of likely N-dealkylation sites (tertiary alicyclic amines) is 1. The lowest BCUT2D eigenvalue weighted by Gasteiger charge is -2.30. The number of phenolic OH excluding ortho intramolecular Hbond substituents is 1. The van der Waals surface area contributed by atoms with E-state index in [1.807, 2.05) is 7.05 Å². The Kier molecular flexibility index (Phi) is 5.85. The molecule has 0 aliphatic carbocycles. The normalized spacial score (nSPS) is 18.0. The predicted octanol–water partition coefficient (Wildman–Crippen LogP) is 5.55. The summed E-state index contributed by atoms with van der Waals surface area (Å²) in [5, 5.41) is 21.9. The highest BCUT2D eigenvalue weighted by Gasteiger charge is 2.33. The number of alkyl halides is 6. The summed E-state index contributed by atoms with van der Waals surface area (Å²) in [5.41, 5.74) is -2.03. The third-order valence-electron chi connectivity index (χ3n) is 5.65. The molecule has 176 valence electrons. The Morgan fingerprint density at radius 3 is 2.24 bits per heavy atom. The first-order chi connectivity index (χ1) is 15.4. The monoisotopic (exact) mass is 470 g/mol. The highest BCUT2D eigenvalue weighted by Crippen LogP contribution is 2.40. The zero-order valence-corrected chi connectivity index (χ0v) is 17.4. The van der Waals surface area contributed by atoms with Crippen molar-refractivity contribution >= 4 is 16.6 Å². The molecule has 11 heteroatoms. The number of rotatable bonds is 3. The molecular weight excluding hydrogens is 450 g/mol. The van der Waals surface area contributed by atoms with E-state index in [0.29, 0.717) is 12.6 Å². The van der Waals surface area contributed by atoms with Crippen LogP contribution in [-0.4, -0.2) is 46.4 Å². The van der Waals surface area contributed by atoms with Crippen LogP contribution >= 0.6 is 0 Å². The average Bonchev–Trinajstić information content (AvgIpc) is 2.72. The van der Waals surface area contributed by atoms with Gasteiger partial charge < -0.3 is 15.3 Å². The Morgan fingerprint density at radius 1 is 0.939 bits per heavy atom. The topological polar surface area (TPSA) is 61.3 Å². The predicted molar refractivity (Wildman–Crippen MR) is 111 cm³/mol. The van der Waals surface area contributed by atoms with E-state index in [-0.39, 0.29) is 33.9 Å². The van der Waals surface area contributed by atoms with E-state index < -0.39 is 29.2 Å². The molecule has 0 amide bonds. The number of aromatic nitrogens is 2. The van der Waals surface area contributed by atoms with Gasteiger partial charge in [0.2, 0.25) is 0 Å². The summed E-state index contributed by atoms with van der Waals surface area (Å²) in [6.45, 7) is 1.58. The SMILES string of the molecule is CN1CCC[C@@H](Nc2nnc(-c3ccc(C(F)(F)F)cc3O)c3ccc(C(F)(F)F)cc23)C1. The largest absolute Gasteiger partial charge is 0.507 e. The number of fused-ring (bicyclic) bond motifs is 1. The maximum atomic E-state index is 13.4. The van der Waals surface area contributed by atoms with E-state index >= 15 is 0 Å². The van der Waals surface area contributed by atoms with Crippen LogP contribution in [0.25, 0.3) is 22.0 Å². The summed E-state index contributed by atoms with van der Waals surface area (Å²) in [4.78, 5) is 2.09. The van der Waals surface area contributed by atoms with E-state index in [9.17, 15) is 31.4 Å². The number of nitrogens with zero attached hydrogens (tertiary/aromatic N) is 3. The van der Waals surface area contributed by atoms with Gasteiger partial charge in [0.1, 0.15) is 11.4 Å². The molecule has 1 aromatic heterocycles. The van der Waals surface area contributed by atoms with Gasteiger partial charge >= 0.3 is 12.4 Å². The van der Waals surface area contributed by atoms with Gasteiger partial charge in [-0.2, -0.15) is 26.3 Å². The Labute approximate surface area is 185 Å². The summed E-state index contributed by atoms with van der Waals surface area (Å²) in [6, 6.07) is 5.30. The van der Waals surface area contributed by atoms with E-state index in [1.165, 1.54) is 6.07 Å². The third kappa shape index (κ3) is 4.82. The third-order valence-corrected chi connectivity index (χ3v) is 5.65. The van der Waals surface area contributed by atoms with Gasteiger partial charge in [0, 0.05) is 28.9 Å². The molecule has 0 spiro atoms. The Hall–Kier alpha value is -3.08. The van der Waals surface area contributed by atoms with Crippen molar-refractivity contribution in [2.45, 2.75) is 31.2 Å². The fourth-order valence-corrected chi connectivity index (χ4v) is 4.02. The minimum atomic E-state index is -4.66. The summed E-state index contributed by atoms with van der Waals surface area (Å²) in [7, 11) is 1.94. The molecule has 0 saturated carbocycles. The second-order valence-electron chi connectivity index (χ2n) is 8.13. The van der Waals surface area contributed by atoms with Gasteiger partial charge in [0.05, 0.1) is 11.1 Å². The van der Waals surface area contributed by atoms with Crippen molar-refractivity contribution in [3.8, 4) is 17.0 Å². The molecule has 4 rings (SSSR count). The number of nitrogens with one attached hydrogen (secondary N) is 1. The molecule has 2 heterocycles. The minimum Gasteiger partial charge on any atom is -0.507 e. The first-order valence-electron chi connectivity index (χ1n) is 10.2. The second-order valence-corrected chi connectivity index (χ2v) is 8.13. The number of benzene rings is 2. The number of phenols is 1. The summed E-state index contributed by atoms with van der Waals surface area (Å²) < 4.78 is 79.0. The molecule has 3 aromatic rings. The van der Waals surface area contributed by atoms with Crippen LogP contribution in [0.5, 0.6) is 5.75 Å². The maximum absolute atomic E-state index is 13.4. The van der Waals surface area contributed by atoms with Crippen LogP contribution in [0.15, 0.2) is 36.4 Å². The van der Waals surface area contributed by atoms with Gasteiger partial charge in [-0.15, -0.1) is 10.2 Å². The van der Waals surface area contributed by atoms with E-state index in [2.05, 4.69) is 20.4 Å². The van der Waals surface area contributed by atoms with Gasteiger partial charge in [-0.05, 0) is 56.8 Å². The zero-order chi connectivity index (χ0) is 24.0. The maximum Gasteiger partial charge on any atom is 0.416 e. The lowest BCUT2D eigenvalue weighted by molar-refractivity contribution is -0.138. The molecule has 1 aliphatic rings. The quantitative estimate of drug-likeness (QED) is 0.492.